The summed E-state index contributed by atoms with van der Waals surface area (Å²) in [5, 5.41) is 3.37. The summed E-state index contributed by atoms with van der Waals surface area (Å²) < 4.78 is 40.1. The Morgan fingerprint density at radius 1 is 1.40 bits per heavy atom. The van der Waals surface area contributed by atoms with E-state index >= 15 is 0 Å². The standard InChI is InChI=1S/C12H16ClFN2O2S.ClH/c1-8-7-16(9(2)6-15-8)19(17,18)12-4-3-10(13)5-11(12)14;/h3-5,8-9,15H,6-7H2,1-2H3;1H. The van der Waals surface area contributed by atoms with Gasteiger partial charge in [-0.25, -0.2) is 12.8 Å². The van der Waals surface area contributed by atoms with E-state index in [2.05, 4.69) is 5.32 Å². The maximum atomic E-state index is 13.8. The highest BCUT2D eigenvalue weighted by Crippen LogP contribution is 2.25. The summed E-state index contributed by atoms with van der Waals surface area (Å²) in [5.41, 5.74) is 0. The molecule has 8 heteroatoms. The van der Waals surface area contributed by atoms with E-state index in [4.69, 9.17) is 11.6 Å². The van der Waals surface area contributed by atoms with Gasteiger partial charge in [0.05, 0.1) is 0 Å². The van der Waals surface area contributed by atoms with Crippen LogP contribution in [0.1, 0.15) is 13.8 Å². The molecule has 2 unspecified atom stereocenters. The molecule has 0 bridgehead atoms. The quantitative estimate of drug-likeness (QED) is 0.896. The molecule has 0 radical (unpaired) electrons. The first kappa shape index (κ1) is 17.7. The van der Waals surface area contributed by atoms with Gasteiger partial charge in [-0.3, -0.25) is 0 Å². The molecule has 4 nitrogen and oxygen atoms in total. The Morgan fingerprint density at radius 3 is 2.65 bits per heavy atom. The number of nitrogens with one attached hydrogen (secondary N) is 1. The fourth-order valence-electron chi connectivity index (χ4n) is 2.13. The third kappa shape index (κ3) is 3.43. The van der Waals surface area contributed by atoms with Crippen molar-refractivity contribution < 1.29 is 12.8 Å². The normalized spacial score (nSPS) is 24.2. The number of benzene rings is 1. The molecule has 0 spiro atoms. The molecule has 20 heavy (non-hydrogen) atoms. The molecule has 0 aromatic heterocycles. The number of sulfonamides is 1. The number of hydrogen-bond acceptors (Lipinski definition) is 3. The second-order valence-electron chi connectivity index (χ2n) is 4.81. The molecule has 114 valence electrons. The van der Waals surface area contributed by atoms with Gasteiger partial charge in [0.2, 0.25) is 10.0 Å². The molecular weight excluding hydrogens is 326 g/mol. The number of piperazine rings is 1. The van der Waals surface area contributed by atoms with Gasteiger partial charge in [-0.1, -0.05) is 11.6 Å². The maximum absolute atomic E-state index is 13.8. The molecule has 0 aliphatic carbocycles. The van der Waals surface area contributed by atoms with Gasteiger partial charge in [-0.2, -0.15) is 4.31 Å². The van der Waals surface area contributed by atoms with Gasteiger partial charge in [0.1, 0.15) is 10.7 Å². The van der Waals surface area contributed by atoms with Crippen LogP contribution in [0, 0.1) is 5.82 Å². The van der Waals surface area contributed by atoms with Gasteiger partial charge in [-0.15, -0.1) is 12.4 Å². The predicted molar refractivity (Wildman–Crippen MR) is 79.5 cm³/mol. The first-order chi connectivity index (χ1) is 8.82. The van der Waals surface area contributed by atoms with Gasteiger partial charge in [0.15, 0.2) is 0 Å². The average molecular weight is 343 g/mol. The van der Waals surface area contributed by atoms with E-state index in [9.17, 15) is 12.8 Å². The zero-order valence-electron chi connectivity index (χ0n) is 11.1. The second-order valence-corrected chi connectivity index (χ2v) is 7.10. The van der Waals surface area contributed by atoms with E-state index in [0.29, 0.717) is 13.1 Å². The summed E-state index contributed by atoms with van der Waals surface area (Å²) in [6.45, 7) is 4.57. The SMILES string of the molecule is CC1CN(S(=O)(=O)c2ccc(Cl)cc2F)C(C)CN1.Cl. The zero-order valence-corrected chi connectivity index (χ0v) is 13.5. The Bertz CT molecular complexity index is 583. The lowest BCUT2D eigenvalue weighted by Gasteiger charge is -2.36. The molecule has 1 aromatic rings. The molecule has 1 N–H and O–H groups in total. The number of halogens is 3. The van der Waals surface area contributed by atoms with E-state index in [1.54, 1.807) is 6.92 Å². The monoisotopic (exact) mass is 342 g/mol. The fraction of sp³-hybridized carbons (Fsp3) is 0.500. The lowest BCUT2D eigenvalue weighted by molar-refractivity contribution is 0.244. The minimum Gasteiger partial charge on any atom is -0.311 e. The van der Waals surface area contributed by atoms with E-state index in [-0.39, 0.29) is 34.4 Å². The van der Waals surface area contributed by atoms with Gasteiger partial charge in [0.25, 0.3) is 0 Å². The second kappa shape index (κ2) is 6.58. The Balaban J connectivity index is 0.00000200. The Kier molecular flexibility index (Phi) is 5.80. The maximum Gasteiger partial charge on any atom is 0.246 e. The van der Waals surface area contributed by atoms with Crippen molar-refractivity contribution in [3.8, 4) is 0 Å². The summed E-state index contributed by atoms with van der Waals surface area (Å²) in [6.07, 6.45) is 0. The van der Waals surface area contributed by atoms with Crippen molar-refractivity contribution >= 4 is 34.0 Å². The van der Waals surface area contributed by atoms with Crippen molar-refractivity contribution in [2.75, 3.05) is 13.1 Å². The van der Waals surface area contributed by atoms with Crippen LogP contribution in [0.5, 0.6) is 0 Å². The summed E-state index contributed by atoms with van der Waals surface area (Å²) in [6, 6.07) is 3.45. The van der Waals surface area contributed by atoms with Crippen molar-refractivity contribution in [2.45, 2.75) is 30.8 Å². The number of rotatable bonds is 2. The minimum absolute atomic E-state index is 0. The van der Waals surface area contributed by atoms with Crippen LogP contribution in [0.4, 0.5) is 4.39 Å². The first-order valence-electron chi connectivity index (χ1n) is 6.02. The molecule has 2 rings (SSSR count). The Labute approximate surface area is 129 Å². The smallest absolute Gasteiger partial charge is 0.246 e. The molecule has 0 amide bonds. The number of hydrogen-bond donors (Lipinski definition) is 1. The zero-order chi connectivity index (χ0) is 14.2. The van der Waals surface area contributed by atoms with Crippen molar-refractivity contribution in [3.63, 3.8) is 0 Å². The molecule has 1 saturated heterocycles. The van der Waals surface area contributed by atoms with Crippen LogP contribution in [0.15, 0.2) is 23.1 Å². The van der Waals surface area contributed by atoms with Crippen LogP contribution >= 0.6 is 24.0 Å². The van der Waals surface area contributed by atoms with Crippen LogP contribution in [0.2, 0.25) is 5.02 Å². The van der Waals surface area contributed by atoms with E-state index in [1.165, 1.54) is 16.4 Å². The highest BCUT2D eigenvalue weighted by atomic mass is 35.5. The predicted octanol–water partition coefficient (Wildman–Crippen LogP) is 2.27. The number of nitrogens with zero attached hydrogens (tertiary/aromatic N) is 1. The molecule has 0 saturated carbocycles. The van der Waals surface area contributed by atoms with Crippen LogP contribution < -0.4 is 5.32 Å². The highest BCUT2D eigenvalue weighted by Gasteiger charge is 2.34. The van der Waals surface area contributed by atoms with Crippen LogP contribution in [-0.2, 0) is 10.0 Å². The Hall–Kier alpha value is -0.400. The van der Waals surface area contributed by atoms with Crippen LogP contribution in [-0.4, -0.2) is 37.9 Å². The van der Waals surface area contributed by atoms with Crippen molar-refractivity contribution in [3.05, 3.63) is 29.0 Å². The largest absolute Gasteiger partial charge is 0.311 e. The van der Waals surface area contributed by atoms with E-state index < -0.39 is 15.8 Å². The molecule has 1 fully saturated rings. The lowest BCUT2D eigenvalue weighted by Crippen LogP contribution is -2.56. The summed E-state index contributed by atoms with van der Waals surface area (Å²) >= 11 is 5.65. The van der Waals surface area contributed by atoms with Gasteiger partial charge >= 0.3 is 0 Å². The highest BCUT2D eigenvalue weighted by molar-refractivity contribution is 7.89. The molecular formula is C12H17Cl2FN2O2S. The van der Waals surface area contributed by atoms with Gasteiger partial charge in [0, 0.05) is 30.2 Å². The molecule has 1 heterocycles. The molecule has 2 atom stereocenters. The summed E-state index contributed by atoms with van der Waals surface area (Å²) in [4.78, 5) is -0.321. The average Bonchev–Trinajstić information content (AvgIpc) is 2.31. The molecule has 1 aliphatic heterocycles. The molecule has 1 aromatic carbocycles. The Morgan fingerprint density at radius 2 is 2.05 bits per heavy atom. The van der Waals surface area contributed by atoms with E-state index in [0.717, 1.165) is 6.07 Å². The summed E-state index contributed by atoms with van der Waals surface area (Å²) in [7, 11) is -3.83. The van der Waals surface area contributed by atoms with E-state index in [1.807, 2.05) is 6.92 Å². The minimum atomic E-state index is -3.83. The third-order valence-corrected chi connectivity index (χ3v) is 5.44. The van der Waals surface area contributed by atoms with Gasteiger partial charge < -0.3 is 5.32 Å². The summed E-state index contributed by atoms with van der Waals surface area (Å²) in [5.74, 6) is -0.814. The lowest BCUT2D eigenvalue weighted by atomic mass is 10.2. The van der Waals surface area contributed by atoms with Crippen molar-refractivity contribution in [1.82, 2.24) is 9.62 Å². The third-order valence-electron chi connectivity index (χ3n) is 3.19. The van der Waals surface area contributed by atoms with Crippen LogP contribution in [0.3, 0.4) is 0 Å². The fourth-order valence-corrected chi connectivity index (χ4v) is 4.06. The topological polar surface area (TPSA) is 49.4 Å². The van der Waals surface area contributed by atoms with Crippen molar-refractivity contribution in [2.24, 2.45) is 0 Å². The van der Waals surface area contributed by atoms with Gasteiger partial charge in [-0.05, 0) is 32.0 Å². The van der Waals surface area contributed by atoms with Crippen molar-refractivity contribution in [1.29, 1.82) is 0 Å². The first-order valence-corrected chi connectivity index (χ1v) is 7.84. The molecule has 1 aliphatic rings. The van der Waals surface area contributed by atoms with Crippen LogP contribution in [0.25, 0.3) is 0 Å².